The average molecular weight is 318 g/mol. The number of halogens is 6. The van der Waals surface area contributed by atoms with Gasteiger partial charge in [-0.1, -0.05) is 13.8 Å². The first-order chi connectivity index (χ1) is 9.38. The Morgan fingerprint density at radius 1 is 0.905 bits per heavy atom. The first-order valence-corrected chi connectivity index (χ1v) is 7.24. The molecule has 0 saturated heterocycles. The topological polar surface area (TPSA) is 20.2 Å². The van der Waals surface area contributed by atoms with Gasteiger partial charge in [-0.05, 0) is 55.3 Å². The highest BCUT2D eigenvalue weighted by molar-refractivity contribution is 5.00. The molecule has 5 atom stereocenters. The van der Waals surface area contributed by atoms with E-state index in [1.54, 1.807) is 0 Å². The first-order valence-electron chi connectivity index (χ1n) is 7.24. The quantitative estimate of drug-likeness (QED) is 0.757. The Labute approximate surface area is 119 Å². The van der Waals surface area contributed by atoms with Crippen LogP contribution in [0.1, 0.15) is 39.5 Å². The molecule has 1 nitrogen and oxygen atoms in total. The van der Waals surface area contributed by atoms with Crippen molar-refractivity contribution in [2.75, 3.05) is 0 Å². The summed E-state index contributed by atoms with van der Waals surface area (Å²) in [7, 11) is 0. The molecule has 0 radical (unpaired) electrons. The van der Waals surface area contributed by atoms with Crippen LogP contribution >= 0.6 is 0 Å². The third-order valence-electron chi connectivity index (χ3n) is 5.85. The summed E-state index contributed by atoms with van der Waals surface area (Å²) in [5, 5.41) is 9.18. The normalized spacial score (nSPS) is 37.3. The fraction of sp³-hybridized carbons (Fsp3) is 1.00. The molecule has 2 rings (SSSR count). The molecular weight excluding hydrogens is 298 g/mol. The van der Waals surface area contributed by atoms with Gasteiger partial charge in [-0.25, -0.2) is 0 Å². The van der Waals surface area contributed by atoms with Gasteiger partial charge in [0.1, 0.15) is 0 Å². The summed E-state index contributed by atoms with van der Waals surface area (Å²) < 4.78 is 75.8. The summed E-state index contributed by atoms with van der Waals surface area (Å²) in [5.74, 6) is 1.27. The van der Waals surface area contributed by atoms with Gasteiger partial charge in [0.15, 0.2) is 0 Å². The van der Waals surface area contributed by atoms with Crippen LogP contribution in [-0.2, 0) is 0 Å². The molecule has 7 heteroatoms. The van der Waals surface area contributed by atoms with Gasteiger partial charge in [0.2, 0.25) is 0 Å². The Bertz CT molecular complexity index is 372. The number of aliphatic hydroxyl groups is 1. The second kappa shape index (κ2) is 5.03. The van der Waals surface area contributed by atoms with E-state index in [9.17, 15) is 31.4 Å². The molecule has 0 aromatic rings. The zero-order chi connectivity index (χ0) is 16.2. The Balaban J connectivity index is 2.05. The van der Waals surface area contributed by atoms with E-state index < -0.39 is 24.4 Å². The smallest absolute Gasteiger partial charge is 0.374 e. The minimum atomic E-state index is -5.69. The van der Waals surface area contributed by atoms with Crippen LogP contribution in [-0.4, -0.2) is 23.1 Å². The molecule has 0 spiro atoms. The zero-order valence-corrected chi connectivity index (χ0v) is 11.9. The predicted molar refractivity (Wildman–Crippen MR) is 64.3 cm³/mol. The Hall–Kier alpha value is -0.460. The van der Waals surface area contributed by atoms with Gasteiger partial charge in [-0.3, -0.25) is 0 Å². The molecule has 2 saturated carbocycles. The van der Waals surface area contributed by atoms with E-state index in [-0.39, 0.29) is 18.3 Å². The Kier molecular flexibility index (Phi) is 4.05. The lowest BCUT2D eigenvalue weighted by Gasteiger charge is -2.36. The Morgan fingerprint density at radius 3 is 1.81 bits per heavy atom. The molecule has 1 N–H and O–H groups in total. The summed E-state index contributed by atoms with van der Waals surface area (Å²) in [4.78, 5) is 0. The molecule has 2 bridgehead atoms. The van der Waals surface area contributed by atoms with Crippen molar-refractivity contribution >= 4 is 0 Å². The van der Waals surface area contributed by atoms with Crippen molar-refractivity contribution in [3.05, 3.63) is 0 Å². The van der Waals surface area contributed by atoms with Gasteiger partial charge in [0.05, 0.1) is 0 Å². The molecule has 0 heterocycles. The van der Waals surface area contributed by atoms with Crippen LogP contribution in [0.4, 0.5) is 26.3 Å². The summed E-state index contributed by atoms with van der Waals surface area (Å²) in [6, 6.07) is 0. The molecule has 5 unspecified atom stereocenters. The minimum Gasteiger partial charge on any atom is -0.374 e. The van der Waals surface area contributed by atoms with Crippen LogP contribution in [0.2, 0.25) is 0 Å². The first kappa shape index (κ1) is 16.9. The van der Waals surface area contributed by atoms with Gasteiger partial charge < -0.3 is 5.11 Å². The monoisotopic (exact) mass is 318 g/mol. The molecular formula is C14H20F6O. The SMILES string of the molecule is CC1C2CC(CCC(O)(C(F)(F)F)C(F)(F)F)C(C2)C1C. The van der Waals surface area contributed by atoms with E-state index in [1.807, 2.05) is 6.92 Å². The predicted octanol–water partition coefficient (Wildman–Crippen LogP) is 4.55. The third kappa shape index (κ3) is 2.66. The maximum Gasteiger partial charge on any atom is 0.426 e. The highest BCUT2D eigenvalue weighted by Crippen LogP contribution is 2.57. The maximum absolute atomic E-state index is 12.6. The molecule has 0 aromatic carbocycles. The zero-order valence-electron chi connectivity index (χ0n) is 11.9. The van der Waals surface area contributed by atoms with Crippen molar-refractivity contribution in [1.29, 1.82) is 0 Å². The molecule has 0 aliphatic heterocycles. The van der Waals surface area contributed by atoms with Crippen LogP contribution < -0.4 is 0 Å². The van der Waals surface area contributed by atoms with Crippen molar-refractivity contribution in [3.8, 4) is 0 Å². The summed E-state index contributed by atoms with van der Waals surface area (Å²) in [6.45, 7) is 4.11. The van der Waals surface area contributed by atoms with Crippen molar-refractivity contribution in [2.24, 2.45) is 29.6 Å². The fourth-order valence-corrected chi connectivity index (χ4v) is 4.26. The van der Waals surface area contributed by atoms with Gasteiger partial charge >= 0.3 is 12.4 Å². The van der Waals surface area contributed by atoms with Crippen LogP contribution in [0, 0.1) is 29.6 Å². The van der Waals surface area contributed by atoms with Crippen LogP contribution in [0.5, 0.6) is 0 Å². The van der Waals surface area contributed by atoms with E-state index in [1.165, 1.54) is 0 Å². The lowest BCUT2D eigenvalue weighted by Crippen LogP contribution is -2.57. The molecule has 2 aliphatic rings. The van der Waals surface area contributed by atoms with Crippen molar-refractivity contribution in [2.45, 2.75) is 57.5 Å². The van der Waals surface area contributed by atoms with E-state index in [0.29, 0.717) is 24.2 Å². The van der Waals surface area contributed by atoms with Crippen LogP contribution in [0.3, 0.4) is 0 Å². The number of alkyl halides is 6. The summed E-state index contributed by atoms with van der Waals surface area (Å²) in [6.07, 6.45) is -11.3. The number of rotatable bonds is 3. The second-order valence-corrected chi connectivity index (χ2v) is 6.77. The number of fused-ring (bicyclic) bond motifs is 2. The average Bonchev–Trinajstić information content (AvgIpc) is 2.84. The van der Waals surface area contributed by atoms with E-state index >= 15 is 0 Å². The van der Waals surface area contributed by atoms with Crippen molar-refractivity contribution in [3.63, 3.8) is 0 Å². The van der Waals surface area contributed by atoms with Gasteiger partial charge in [-0.2, -0.15) is 26.3 Å². The number of hydrogen-bond donors (Lipinski definition) is 1. The molecule has 124 valence electrons. The van der Waals surface area contributed by atoms with Crippen LogP contribution in [0.25, 0.3) is 0 Å². The van der Waals surface area contributed by atoms with E-state index in [4.69, 9.17) is 0 Å². The Morgan fingerprint density at radius 2 is 1.43 bits per heavy atom. The fourth-order valence-electron chi connectivity index (χ4n) is 4.26. The molecule has 2 aliphatic carbocycles. The maximum atomic E-state index is 12.6. The van der Waals surface area contributed by atoms with Gasteiger partial charge in [-0.15, -0.1) is 0 Å². The second-order valence-electron chi connectivity index (χ2n) is 6.77. The minimum absolute atomic E-state index is 0.141. The third-order valence-corrected chi connectivity index (χ3v) is 5.85. The summed E-state index contributed by atoms with van der Waals surface area (Å²) >= 11 is 0. The highest BCUT2D eigenvalue weighted by atomic mass is 19.4. The molecule has 2 fully saturated rings. The standard InChI is InChI=1S/C14H20F6O/c1-7-8(2)11-6-10(7)5-9(11)3-4-12(21,13(15,16)17)14(18,19)20/h7-11,21H,3-6H2,1-2H3. The lowest BCUT2D eigenvalue weighted by atomic mass is 9.73. The van der Waals surface area contributed by atoms with Crippen molar-refractivity contribution < 1.29 is 31.4 Å². The lowest BCUT2D eigenvalue weighted by molar-refractivity contribution is -0.370. The molecule has 0 aromatic heterocycles. The van der Waals surface area contributed by atoms with Gasteiger partial charge in [0, 0.05) is 0 Å². The van der Waals surface area contributed by atoms with E-state index in [2.05, 4.69) is 6.92 Å². The number of hydrogen-bond acceptors (Lipinski definition) is 1. The largest absolute Gasteiger partial charge is 0.426 e. The highest BCUT2D eigenvalue weighted by Gasteiger charge is 2.70. The summed E-state index contributed by atoms with van der Waals surface area (Å²) in [5.41, 5.74) is -4.59. The van der Waals surface area contributed by atoms with Gasteiger partial charge in [0.25, 0.3) is 5.60 Å². The molecule has 21 heavy (non-hydrogen) atoms. The molecule has 0 amide bonds. The van der Waals surface area contributed by atoms with Crippen LogP contribution in [0.15, 0.2) is 0 Å². The van der Waals surface area contributed by atoms with Crippen molar-refractivity contribution in [1.82, 2.24) is 0 Å². The van der Waals surface area contributed by atoms with E-state index in [0.717, 1.165) is 6.42 Å².